The average Bonchev–Trinajstić information content (AvgIpc) is 2.25. The Balaban J connectivity index is 2.04. The zero-order valence-electron chi connectivity index (χ0n) is 10.7. The van der Waals surface area contributed by atoms with Crippen molar-refractivity contribution in [3.05, 3.63) is 17.0 Å². The molecule has 4 heteroatoms. The summed E-state index contributed by atoms with van der Waals surface area (Å²) >= 11 is 5.46. The van der Waals surface area contributed by atoms with E-state index in [0.29, 0.717) is 5.41 Å². The van der Waals surface area contributed by atoms with Gasteiger partial charge in [-0.05, 0) is 44.6 Å². The van der Waals surface area contributed by atoms with Crippen LogP contribution in [0, 0.1) is 26.2 Å². The Labute approximate surface area is 116 Å². The molecule has 17 heavy (non-hydrogen) atoms. The summed E-state index contributed by atoms with van der Waals surface area (Å²) in [6, 6.07) is 0. The number of thioether (sulfide) groups is 1. The minimum atomic E-state index is 0.501. The van der Waals surface area contributed by atoms with Crippen LogP contribution in [-0.4, -0.2) is 21.1 Å². The van der Waals surface area contributed by atoms with Crippen LogP contribution in [0.2, 0.25) is 0 Å². The first kappa shape index (κ1) is 13.3. The zero-order valence-corrected chi connectivity index (χ0v) is 13.1. The van der Waals surface area contributed by atoms with Crippen molar-refractivity contribution in [3.63, 3.8) is 0 Å². The summed E-state index contributed by atoms with van der Waals surface area (Å²) in [5, 5.41) is 2.05. The molecule has 1 fully saturated rings. The van der Waals surface area contributed by atoms with Crippen LogP contribution in [0.25, 0.3) is 0 Å². The first-order valence-electron chi connectivity index (χ1n) is 6.07. The van der Waals surface area contributed by atoms with E-state index in [1.54, 1.807) is 0 Å². The highest BCUT2D eigenvalue weighted by molar-refractivity contribution is 9.09. The molecule has 0 bridgehead atoms. The van der Waals surface area contributed by atoms with Crippen molar-refractivity contribution in [1.29, 1.82) is 0 Å². The molecule has 1 aliphatic rings. The van der Waals surface area contributed by atoms with Crippen molar-refractivity contribution in [1.82, 2.24) is 9.97 Å². The van der Waals surface area contributed by atoms with E-state index in [9.17, 15) is 0 Å². The van der Waals surface area contributed by atoms with Crippen LogP contribution in [0.3, 0.4) is 0 Å². The zero-order chi connectivity index (χ0) is 12.5. The average molecular weight is 315 g/mol. The molecule has 0 spiro atoms. The molecule has 0 aliphatic heterocycles. The van der Waals surface area contributed by atoms with E-state index in [-0.39, 0.29) is 0 Å². The van der Waals surface area contributed by atoms with Crippen LogP contribution >= 0.6 is 27.7 Å². The van der Waals surface area contributed by atoms with Gasteiger partial charge < -0.3 is 0 Å². The number of alkyl halides is 1. The predicted octanol–water partition coefficient (Wildman–Crippen LogP) is 4.06. The van der Waals surface area contributed by atoms with E-state index in [1.807, 2.05) is 11.8 Å². The highest BCUT2D eigenvalue weighted by Crippen LogP contribution is 2.45. The van der Waals surface area contributed by atoms with E-state index in [1.165, 1.54) is 24.8 Å². The van der Waals surface area contributed by atoms with Gasteiger partial charge in [0.25, 0.3) is 0 Å². The van der Waals surface area contributed by atoms with Gasteiger partial charge in [0.1, 0.15) is 0 Å². The van der Waals surface area contributed by atoms with Gasteiger partial charge >= 0.3 is 0 Å². The highest BCUT2D eigenvalue weighted by atomic mass is 79.9. The van der Waals surface area contributed by atoms with Crippen LogP contribution in [-0.2, 0) is 0 Å². The molecule has 0 atom stereocenters. The molecule has 0 saturated heterocycles. The maximum Gasteiger partial charge on any atom is 0.188 e. The summed E-state index contributed by atoms with van der Waals surface area (Å²) < 4.78 is 0. The fourth-order valence-electron chi connectivity index (χ4n) is 2.02. The topological polar surface area (TPSA) is 25.8 Å². The second kappa shape index (κ2) is 5.27. The van der Waals surface area contributed by atoms with Gasteiger partial charge in [0.15, 0.2) is 5.16 Å². The molecule has 1 aromatic rings. The van der Waals surface area contributed by atoms with Crippen molar-refractivity contribution < 1.29 is 0 Å². The van der Waals surface area contributed by atoms with E-state index in [2.05, 4.69) is 46.7 Å². The summed E-state index contributed by atoms with van der Waals surface area (Å²) in [6.45, 7) is 6.22. The molecule has 0 aromatic carbocycles. The Morgan fingerprint density at radius 2 is 1.76 bits per heavy atom. The van der Waals surface area contributed by atoms with Gasteiger partial charge in [-0.15, -0.1) is 0 Å². The summed E-state index contributed by atoms with van der Waals surface area (Å²) in [4.78, 5) is 9.13. The number of aryl methyl sites for hydroxylation is 2. The van der Waals surface area contributed by atoms with Crippen LogP contribution in [0.15, 0.2) is 5.16 Å². The second-order valence-electron chi connectivity index (χ2n) is 5.08. The van der Waals surface area contributed by atoms with Gasteiger partial charge in [0.05, 0.1) is 0 Å². The van der Waals surface area contributed by atoms with Crippen LogP contribution < -0.4 is 0 Å². The minimum Gasteiger partial charge on any atom is -0.228 e. The normalized spacial score (nSPS) is 17.9. The summed E-state index contributed by atoms with van der Waals surface area (Å²) in [5.74, 6) is 1.14. The summed E-state index contributed by atoms with van der Waals surface area (Å²) in [7, 11) is 0. The molecule has 1 aliphatic carbocycles. The van der Waals surface area contributed by atoms with Crippen LogP contribution in [0.1, 0.15) is 36.2 Å². The number of rotatable bonds is 4. The SMILES string of the molecule is Cc1nc(SCC2(CBr)CCC2)nc(C)c1C. The quantitative estimate of drug-likeness (QED) is 0.476. The van der Waals surface area contributed by atoms with Crippen molar-refractivity contribution >= 4 is 27.7 Å². The molecule has 0 N–H and O–H groups in total. The third-order valence-electron chi connectivity index (χ3n) is 3.82. The molecular formula is C13H19BrN2S. The Bertz CT molecular complexity index is 387. The molecule has 1 saturated carbocycles. The third-order valence-corrected chi connectivity index (χ3v) is 6.20. The fraction of sp³-hybridized carbons (Fsp3) is 0.692. The lowest BCUT2D eigenvalue weighted by atomic mass is 9.72. The van der Waals surface area contributed by atoms with Gasteiger partial charge in [0.2, 0.25) is 0 Å². The third kappa shape index (κ3) is 2.84. The molecular weight excluding hydrogens is 296 g/mol. The van der Waals surface area contributed by atoms with Crippen molar-refractivity contribution in [2.24, 2.45) is 5.41 Å². The minimum absolute atomic E-state index is 0.501. The van der Waals surface area contributed by atoms with Gasteiger partial charge in [-0.25, -0.2) is 9.97 Å². The van der Waals surface area contributed by atoms with Crippen LogP contribution in [0.4, 0.5) is 0 Å². The maximum atomic E-state index is 4.57. The van der Waals surface area contributed by atoms with E-state index < -0.39 is 0 Å². The van der Waals surface area contributed by atoms with Crippen molar-refractivity contribution in [2.75, 3.05) is 11.1 Å². The molecule has 2 nitrogen and oxygen atoms in total. The monoisotopic (exact) mass is 314 g/mol. The van der Waals surface area contributed by atoms with Gasteiger partial charge in [-0.3, -0.25) is 0 Å². The standard InChI is InChI=1S/C13H19BrN2S/c1-9-10(2)15-12(16-11(9)3)17-8-13(7-14)5-4-6-13/h4-8H2,1-3H3. The van der Waals surface area contributed by atoms with E-state index >= 15 is 0 Å². The Kier molecular flexibility index (Phi) is 4.14. The Morgan fingerprint density at radius 3 is 2.18 bits per heavy atom. The lowest BCUT2D eigenvalue weighted by Gasteiger charge is -2.40. The number of nitrogens with zero attached hydrogens (tertiary/aromatic N) is 2. The molecule has 0 radical (unpaired) electrons. The summed E-state index contributed by atoms with van der Waals surface area (Å²) in [6.07, 6.45) is 4.06. The first-order valence-corrected chi connectivity index (χ1v) is 8.18. The lowest BCUT2D eigenvalue weighted by Crippen LogP contribution is -2.33. The number of hydrogen-bond acceptors (Lipinski definition) is 3. The molecule has 1 aromatic heterocycles. The lowest BCUT2D eigenvalue weighted by molar-refractivity contribution is 0.206. The fourth-order valence-corrected chi connectivity index (χ4v) is 4.27. The summed E-state index contributed by atoms with van der Waals surface area (Å²) in [5.41, 5.74) is 3.94. The highest BCUT2D eigenvalue weighted by Gasteiger charge is 2.36. The molecule has 2 rings (SSSR count). The molecule has 0 amide bonds. The first-order chi connectivity index (χ1) is 8.06. The van der Waals surface area contributed by atoms with E-state index in [0.717, 1.165) is 27.6 Å². The van der Waals surface area contributed by atoms with Gasteiger partial charge in [-0.2, -0.15) is 0 Å². The molecule has 0 unspecified atom stereocenters. The molecule has 94 valence electrons. The van der Waals surface area contributed by atoms with Gasteiger partial charge in [0, 0.05) is 22.5 Å². The number of aromatic nitrogens is 2. The number of hydrogen-bond donors (Lipinski definition) is 0. The van der Waals surface area contributed by atoms with Crippen LogP contribution in [0.5, 0.6) is 0 Å². The maximum absolute atomic E-state index is 4.57. The second-order valence-corrected chi connectivity index (χ2v) is 6.58. The number of halogens is 1. The Morgan fingerprint density at radius 1 is 1.18 bits per heavy atom. The smallest absolute Gasteiger partial charge is 0.188 e. The molecule has 1 heterocycles. The largest absolute Gasteiger partial charge is 0.228 e. The van der Waals surface area contributed by atoms with E-state index in [4.69, 9.17) is 0 Å². The van der Waals surface area contributed by atoms with Gasteiger partial charge in [-0.1, -0.05) is 34.1 Å². The van der Waals surface area contributed by atoms with Crippen molar-refractivity contribution in [2.45, 2.75) is 45.2 Å². The van der Waals surface area contributed by atoms with Crippen molar-refractivity contribution in [3.8, 4) is 0 Å². The Hall–Kier alpha value is -0.0900. The predicted molar refractivity (Wildman–Crippen MR) is 77.0 cm³/mol.